The highest BCUT2D eigenvalue weighted by Gasteiger charge is 2.07. The Morgan fingerprint density at radius 1 is 1.16 bits per heavy atom. The Labute approximate surface area is 179 Å². The van der Waals surface area contributed by atoms with E-state index < -0.39 is 17.1 Å². The molecule has 0 aliphatic carbocycles. The topological polar surface area (TPSA) is 94.8 Å². The zero-order valence-corrected chi connectivity index (χ0v) is 17.9. The van der Waals surface area contributed by atoms with E-state index in [-0.39, 0.29) is 0 Å². The lowest BCUT2D eigenvalue weighted by Gasteiger charge is -2.11. The van der Waals surface area contributed by atoms with E-state index >= 15 is 0 Å². The van der Waals surface area contributed by atoms with E-state index in [0.717, 1.165) is 36.9 Å². The standard InChI is InChI=1S/C22H28FN5O3/c1-16(2)15-31-19-8-5-6-17(12-19)9-11-28-18(13-24-26-28)7-3-4-10-27-14-20(23)21(29)25-22(27)30/h5-6,8,12-14,16H,3-4,7,9-11,15H2,1-2H3,(H,25,29,30). The highest BCUT2D eigenvalue weighted by atomic mass is 19.1. The molecule has 0 aliphatic rings. The van der Waals surface area contributed by atoms with Gasteiger partial charge in [0.1, 0.15) is 5.75 Å². The van der Waals surface area contributed by atoms with Crippen LogP contribution in [0.3, 0.4) is 0 Å². The highest BCUT2D eigenvalue weighted by molar-refractivity contribution is 5.28. The van der Waals surface area contributed by atoms with Crippen molar-refractivity contribution in [1.82, 2.24) is 24.5 Å². The van der Waals surface area contributed by atoms with Crippen molar-refractivity contribution >= 4 is 0 Å². The van der Waals surface area contributed by atoms with Gasteiger partial charge in [0.15, 0.2) is 0 Å². The van der Waals surface area contributed by atoms with Crippen molar-refractivity contribution in [3.8, 4) is 5.75 Å². The van der Waals surface area contributed by atoms with Gasteiger partial charge in [-0.1, -0.05) is 31.2 Å². The molecule has 2 heterocycles. The van der Waals surface area contributed by atoms with Gasteiger partial charge >= 0.3 is 5.69 Å². The summed E-state index contributed by atoms with van der Waals surface area (Å²) in [5, 5.41) is 8.19. The van der Waals surface area contributed by atoms with Gasteiger partial charge in [0.05, 0.1) is 24.7 Å². The van der Waals surface area contributed by atoms with Crippen molar-refractivity contribution < 1.29 is 9.13 Å². The number of hydrogen-bond donors (Lipinski definition) is 1. The first-order valence-corrected chi connectivity index (χ1v) is 10.5. The molecule has 0 aliphatic heterocycles. The molecule has 9 heteroatoms. The zero-order chi connectivity index (χ0) is 22.2. The molecule has 3 aromatic rings. The summed E-state index contributed by atoms with van der Waals surface area (Å²) in [5.41, 5.74) is 0.584. The van der Waals surface area contributed by atoms with Crippen LogP contribution in [0.1, 0.15) is 37.9 Å². The Morgan fingerprint density at radius 2 is 2.00 bits per heavy atom. The monoisotopic (exact) mass is 429 g/mol. The van der Waals surface area contributed by atoms with Crippen molar-refractivity contribution in [2.45, 2.75) is 52.6 Å². The molecule has 0 amide bonds. The number of unbranched alkanes of at least 4 members (excludes halogenated alkanes) is 1. The summed E-state index contributed by atoms with van der Waals surface area (Å²) >= 11 is 0. The van der Waals surface area contributed by atoms with Gasteiger partial charge < -0.3 is 4.74 Å². The number of nitrogens with zero attached hydrogens (tertiary/aromatic N) is 4. The van der Waals surface area contributed by atoms with E-state index in [0.29, 0.717) is 32.0 Å². The lowest BCUT2D eigenvalue weighted by atomic mass is 10.1. The van der Waals surface area contributed by atoms with Crippen LogP contribution in [0, 0.1) is 11.7 Å². The molecule has 2 aromatic heterocycles. The third-order valence-corrected chi connectivity index (χ3v) is 4.84. The molecule has 0 saturated carbocycles. The number of aromatic nitrogens is 5. The van der Waals surface area contributed by atoms with Gasteiger partial charge in [-0.25, -0.2) is 9.48 Å². The Bertz CT molecular complexity index is 1100. The maximum absolute atomic E-state index is 13.3. The van der Waals surface area contributed by atoms with E-state index in [1.807, 2.05) is 21.8 Å². The third kappa shape index (κ3) is 6.63. The van der Waals surface area contributed by atoms with Crippen LogP contribution in [0.4, 0.5) is 4.39 Å². The summed E-state index contributed by atoms with van der Waals surface area (Å²) < 4.78 is 22.2. The lowest BCUT2D eigenvalue weighted by molar-refractivity contribution is 0.271. The van der Waals surface area contributed by atoms with Crippen molar-refractivity contribution in [3.05, 3.63) is 74.6 Å². The average Bonchev–Trinajstić information content (AvgIpc) is 3.19. The first-order chi connectivity index (χ1) is 14.9. The smallest absolute Gasteiger partial charge is 0.328 e. The first-order valence-electron chi connectivity index (χ1n) is 10.5. The molecule has 0 bridgehead atoms. The van der Waals surface area contributed by atoms with Crippen molar-refractivity contribution in [2.75, 3.05) is 6.61 Å². The number of hydrogen-bond acceptors (Lipinski definition) is 5. The maximum atomic E-state index is 13.3. The van der Waals surface area contributed by atoms with Crippen LogP contribution in [-0.2, 0) is 25.9 Å². The van der Waals surface area contributed by atoms with Crippen LogP contribution in [0.2, 0.25) is 0 Å². The fraction of sp³-hybridized carbons (Fsp3) is 0.455. The molecule has 0 saturated heterocycles. The highest BCUT2D eigenvalue weighted by Crippen LogP contribution is 2.15. The first kappa shape index (κ1) is 22.5. The van der Waals surface area contributed by atoms with E-state index in [2.05, 4.69) is 36.3 Å². The van der Waals surface area contributed by atoms with Crippen LogP contribution >= 0.6 is 0 Å². The largest absolute Gasteiger partial charge is 0.493 e. The number of nitrogens with one attached hydrogen (secondary N) is 1. The van der Waals surface area contributed by atoms with E-state index in [4.69, 9.17) is 4.74 Å². The van der Waals surface area contributed by atoms with Crippen molar-refractivity contribution in [2.24, 2.45) is 5.92 Å². The van der Waals surface area contributed by atoms with Gasteiger partial charge in [0.25, 0.3) is 5.56 Å². The van der Waals surface area contributed by atoms with Crippen LogP contribution < -0.4 is 16.0 Å². The Kier molecular flexibility index (Phi) is 7.75. The summed E-state index contributed by atoms with van der Waals surface area (Å²) in [4.78, 5) is 24.7. The predicted octanol–water partition coefficient (Wildman–Crippen LogP) is 2.57. The number of ether oxygens (including phenoxy) is 1. The van der Waals surface area contributed by atoms with Gasteiger partial charge in [-0.3, -0.25) is 14.3 Å². The molecule has 166 valence electrons. The predicted molar refractivity (Wildman–Crippen MR) is 115 cm³/mol. The van der Waals surface area contributed by atoms with Crippen molar-refractivity contribution in [1.29, 1.82) is 0 Å². The quantitative estimate of drug-likeness (QED) is 0.473. The van der Waals surface area contributed by atoms with Gasteiger partial charge in [-0.2, -0.15) is 4.39 Å². The Balaban J connectivity index is 1.49. The average molecular weight is 429 g/mol. The second kappa shape index (κ2) is 10.7. The molecule has 0 radical (unpaired) electrons. The normalized spacial score (nSPS) is 11.2. The van der Waals surface area contributed by atoms with Crippen LogP contribution in [-0.4, -0.2) is 31.2 Å². The minimum Gasteiger partial charge on any atom is -0.493 e. The van der Waals surface area contributed by atoms with E-state index in [1.165, 1.54) is 10.1 Å². The fourth-order valence-electron chi connectivity index (χ4n) is 3.19. The minimum absolute atomic E-state index is 0.331. The number of benzene rings is 1. The maximum Gasteiger partial charge on any atom is 0.328 e. The summed E-state index contributed by atoms with van der Waals surface area (Å²) in [5.74, 6) is 0.391. The molecule has 0 fully saturated rings. The molecule has 1 N–H and O–H groups in total. The van der Waals surface area contributed by atoms with E-state index in [1.54, 1.807) is 6.20 Å². The number of H-pyrrole nitrogens is 1. The molecule has 1 aromatic carbocycles. The number of rotatable bonds is 11. The third-order valence-electron chi connectivity index (χ3n) is 4.84. The lowest BCUT2D eigenvalue weighted by Crippen LogP contribution is -2.31. The number of halogens is 1. The molecule has 31 heavy (non-hydrogen) atoms. The van der Waals surface area contributed by atoms with Gasteiger partial charge in [-0.15, -0.1) is 5.10 Å². The van der Waals surface area contributed by atoms with Gasteiger partial charge in [-0.05, 0) is 49.3 Å². The number of aromatic amines is 1. The molecular weight excluding hydrogens is 401 g/mol. The SMILES string of the molecule is CC(C)COc1cccc(CCn2nncc2CCCCn2cc(F)c(=O)[nH]c2=O)c1. The second-order valence-corrected chi connectivity index (χ2v) is 7.94. The molecule has 0 spiro atoms. The van der Waals surface area contributed by atoms with Crippen LogP contribution in [0.15, 0.2) is 46.2 Å². The van der Waals surface area contributed by atoms with Crippen LogP contribution in [0.25, 0.3) is 0 Å². The molecule has 8 nitrogen and oxygen atoms in total. The molecule has 0 unspecified atom stereocenters. The summed E-state index contributed by atoms with van der Waals surface area (Å²) in [6.07, 6.45) is 5.68. The Hall–Kier alpha value is -3.23. The summed E-state index contributed by atoms with van der Waals surface area (Å²) in [6.45, 7) is 5.96. The van der Waals surface area contributed by atoms with Gasteiger partial charge in [0.2, 0.25) is 5.82 Å². The fourth-order valence-corrected chi connectivity index (χ4v) is 3.19. The van der Waals surface area contributed by atoms with Gasteiger partial charge in [0, 0.05) is 13.1 Å². The van der Waals surface area contributed by atoms with E-state index in [9.17, 15) is 14.0 Å². The number of aryl methyl sites for hydroxylation is 4. The molecule has 3 rings (SSSR count). The zero-order valence-electron chi connectivity index (χ0n) is 17.9. The minimum atomic E-state index is -0.992. The summed E-state index contributed by atoms with van der Waals surface area (Å²) in [6, 6.07) is 8.08. The van der Waals surface area contributed by atoms with Crippen LogP contribution in [0.5, 0.6) is 5.75 Å². The van der Waals surface area contributed by atoms with Crippen molar-refractivity contribution in [3.63, 3.8) is 0 Å². The summed E-state index contributed by atoms with van der Waals surface area (Å²) in [7, 11) is 0. The second-order valence-electron chi connectivity index (χ2n) is 7.94. The Morgan fingerprint density at radius 3 is 2.81 bits per heavy atom. The molecular formula is C22H28FN5O3. The molecule has 0 atom stereocenters.